The van der Waals surface area contributed by atoms with Crippen molar-refractivity contribution >= 4 is 33.2 Å². The second-order valence-corrected chi connectivity index (χ2v) is 10.6. The number of nitrogens with zero attached hydrogens (tertiary/aromatic N) is 2. The lowest BCUT2D eigenvalue weighted by Crippen LogP contribution is -2.41. The lowest BCUT2D eigenvalue weighted by molar-refractivity contribution is -0.121. The molecule has 2 fully saturated rings. The van der Waals surface area contributed by atoms with Crippen molar-refractivity contribution in [3.8, 4) is 0 Å². The molecule has 8 heteroatoms. The Morgan fingerprint density at radius 3 is 2.41 bits per heavy atom. The van der Waals surface area contributed by atoms with Crippen molar-refractivity contribution in [1.29, 1.82) is 0 Å². The number of hydrogen-bond acceptors (Lipinski definition) is 4. The Bertz CT molecular complexity index is 1090. The third-order valence-corrected chi connectivity index (χ3v) is 8.02. The number of aryl methyl sites for hydroxylation is 1. The van der Waals surface area contributed by atoms with Crippen LogP contribution >= 0.6 is 0 Å². The zero-order valence-corrected chi connectivity index (χ0v) is 19.1. The molecule has 2 amide bonds. The summed E-state index contributed by atoms with van der Waals surface area (Å²) in [4.78, 5) is 26.3. The number of rotatable bonds is 6. The van der Waals surface area contributed by atoms with Gasteiger partial charge in [-0.3, -0.25) is 9.59 Å². The molecule has 0 saturated carbocycles. The SMILES string of the molecule is Cc1cccc(CS(=O)(=O)N2CCC(C(=O)Nc3ccc(N4CCCC4=O)cc3)CC2)c1. The summed E-state index contributed by atoms with van der Waals surface area (Å²) in [7, 11) is -3.41. The summed E-state index contributed by atoms with van der Waals surface area (Å²) in [6.45, 7) is 3.38. The summed E-state index contributed by atoms with van der Waals surface area (Å²) in [5, 5.41) is 2.93. The molecule has 0 aliphatic carbocycles. The number of nitrogens with one attached hydrogen (secondary N) is 1. The number of hydrogen-bond donors (Lipinski definition) is 1. The number of carbonyl (C=O) groups is 2. The molecule has 4 rings (SSSR count). The molecule has 7 nitrogen and oxygen atoms in total. The molecule has 0 aromatic heterocycles. The Hall–Kier alpha value is -2.71. The fraction of sp³-hybridized carbons (Fsp3) is 0.417. The highest BCUT2D eigenvalue weighted by molar-refractivity contribution is 7.88. The number of piperidine rings is 1. The van der Waals surface area contributed by atoms with Gasteiger partial charge in [0.05, 0.1) is 5.75 Å². The van der Waals surface area contributed by atoms with Crippen LogP contribution in [-0.2, 0) is 25.4 Å². The van der Waals surface area contributed by atoms with E-state index >= 15 is 0 Å². The van der Waals surface area contributed by atoms with E-state index in [0.717, 1.165) is 29.8 Å². The van der Waals surface area contributed by atoms with E-state index < -0.39 is 10.0 Å². The van der Waals surface area contributed by atoms with Gasteiger partial charge < -0.3 is 10.2 Å². The zero-order valence-electron chi connectivity index (χ0n) is 18.3. The first-order valence-electron chi connectivity index (χ1n) is 11.1. The molecule has 0 spiro atoms. The molecule has 2 heterocycles. The Morgan fingerprint density at radius 2 is 1.78 bits per heavy atom. The van der Waals surface area contributed by atoms with Gasteiger partial charge in [0.1, 0.15) is 0 Å². The summed E-state index contributed by atoms with van der Waals surface area (Å²) in [5.41, 5.74) is 3.34. The van der Waals surface area contributed by atoms with E-state index in [2.05, 4.69) is 5.32 Å². The molecule has 0 radical (unpaired) electrons. The average Bonchev–Trinajstić information content (AvgIpc) is 3.20. The summed E-state index contributed by atoms with van der Waals surface area (Å²) < 4.78 is 27.1. The van der Waals surface area contributed by atoms with E-state index in [1.165, 1.54) is 4.31 Å². The van der Waals surface area contributed by atoms with Gasteiger partial charge in [0.2, 0.25) is 21.8 Å². The van der Waals surface area contributed by atoms with Gasteiger partial charge in [-0.2, -0.15) is 0 Å². The molecule has 0 atom stereocenters. The first-order chi connectivity index (χ1) is 15.3. The minimum absolute atomic E-state index is 0.0165. The van der Waals surface area contributed by atoms with Gasteiger partial charge in [0.15, 0.2) is 0 Å². The lowest BCUT2D eigenvalue weighted by Gasteiger charge is -2.30. The van der Waals surface area contributed by atoms with Crippen LogP contribution in [0.5, 0.6) is 0 Å². The van der Waals surface area contributed by atoms with Gasteiger partial charge >= 0.3 is 0 Å². The average molecular weight is 456 g/mol. The van der Waals surface area contributed by atoms with E-state index in [1.54, 1.807) is 17.0 Å². The van der Waals surface area contributed by atoms with Crippen LogP contribution in [0.1, 0.15) is 36.8 Å². The number of carbonyl (C=O) groups excluding carboxylic acids is 2. The number of sulfonamides is 1. The molecule has 1 N–H and O–H groups in total. The van der Waals surface area contributed by atoms with Crippen molar-refractivity contribution in [1.82, 2.24) is 4.31 Å². The number of amides is 2. The first kappa shape index (κ1) is 22.5. The zero-order chi connectivity index (χ0) is 22.7. The van der Waals surface area contributed by atoms with Gasteiger partial charge in [-0.25, -0.2) is 12.7 Å². The van der Waals surface area contributed by atoms with Crippen LogP contribution in [0.4, 0.5) is 11.4 Å². The third kappa shape index (κ3) is 5.19. The predicted molar refractivity (Wildman–Crippen MR) is 125 cm³/mol. The fourth-order valence-corrected chi connectivity index (χ4v) is 5.94. The largest absolute Gasteiger partial charge is 0.326 e. The Labute approximate surface area is 189 Å². The van der Waals surface area contributed by atoms with E-state index in [4.69, 9.17) is 0 Å². The monoisotopic (exact) mass is 455 g/mol. The summed E-state index contributed by atoms with van der Waals surface area (Å²) in [5.74, 6) is -0.200. The minimum Gasteiger partial charge on any atom is -0.326 e. The molecule has 2 aromatic carbocycles. The van der Waals surface area contributed by atoms with Crippen molar-refractivity contribution in [2.24, 2.45) is 5.92 Å². The van der Waals surface area contributed by atoms with Gasteiger partial charge in [-0.1, -0.05) is 29.8 Å². The molecular weight excluding hydrogens is 426 g/mol. The summed E-state index contributed by atoms with van der Waals surface area (Å²) in [6, 6.07) is 14.8. The van der Waals surface area contributed by atoms with Gasteiger partial charge in [0, 0.05) is 43.3 Å². The molecule has 0 bridgehead atoms. The topological polar surface area (TPSA) is 86.8 Å². The van der Waals surface area contributed by atoms with Crippen molar-refractivity contribution in [2.75, 3.05) is 29.9 Å². The molecule has 2 aromatic rings. The van der Waals surface area contributed by atoms with E-state index in [1.807, 2.05) is 43.3 Å². The molecule has 2 aliphatic heterocycles. The van der Waals surface area contributed by atoms with Crippen LogP contribution in [-0.4, -0.2) is 44.2 Å². The fourth-order valence-electron chi connectivity index (χ4n) is 4.39. The smallest absolute Gasteiger partial charge is 0.227 e. The molecular formula is C24H29N3O4S. The van der Waals surface area contributed by atoms with E-state index in [9.17, 15) is 18.0 Å². The maximum Gasteiger partial charge on any atom is 0.227 e. The predicted octanol–water partition coefficient (Wildman–Crippen LogP) is 3.30. The highest BCUT2D eigenvalue weighted by Crippen LogP contribution is 2.26. The molecule has 170 valence electrons. The Balaban J connectivity index is 1.30. The van der Waals surface area contributed by atoms with E-state index in [-0.39, 0.29) is 23.5 Å². The van der Waals surface area contributed by atoms with Gasteiger partial charge in [-0.05, 0) is 56.0 Å². The van der Waals surface area contributed by atoms with Crippen LogP contribution in [0, 0.1) is 12.8 Å². The van der Waals surface area contributed by atoms with Gasteiger partial charge in [0.25, 0.3) is 0 Å². The van der Waals surface area contributed by atoms with Crippen LogP contribution in [0.2, 0.25) is 0 Å². The Morgan fingerprint density at radius 1 is 1.06 bits per heavy atom. The first-order valence-corrected chi connectivity index (χ1v) is 12.7. The highest BCUT2D eigenvalue weighted by atomic mass is 32.2. The standard InChI is InChI=1S/C24H29N3O4S/c1-18-4-2-5-19(16-18)17-32(30,31)26-14-11-20(12-15-26)24(29)25-21-7-9-22(10-8-21)27-13-3-6-23(27)28/h2,4-5,7-10,16,20H,3,6,11-15,17H2,1H3,(H,25,29). The Kier molecular flexibility index (Phi) is 6.62. The molecule has 32 heavy (non-hydrogen) atoms. The van der Waals surface area contributed by atoms with E-state index in [0.29, 0.717) is 38.0 Å². The maximum absolute atomic E-state index is 12.8. The van der Waals surface area contributed by atoms with Crippen molar-refractivity contribution < 1.29 is 18.0 Å². The second-order valence-electron chi connectivity index (χ2n) is 8.60. The van der Waals surface area contributed by atoms with Crippen molar-refractivity contribution in [3.63, 3.8) is 0 Å². The van der Waals surface area contributed by atoms with Crippen LogP contribution in [0.25, 0.3) is 0 Å². The summed E-state index contributed by atoms with van der Waals surface area (Å²) in [6.07, 6.45) is 2.45. The van der Waals surface area contributed by atoms with Gasteiger partial charge in [-0.15, -0.1) is 0 Å². The normalized spacial score (nSPS) is 18.2. The summed E-state index contributed by atoms with van der Waals surface area (Å²) >= 11 is 0. The van der Waals surface area contributed by atoms with Crippen molar-refractivity contribution in [2.45, 2.75) is 38.4 Å². The second kappa shape index (κ2) is 9.42. The van der Waals surface area contributed by atoms with Crippen LogP contribution in [0.15, 0.2) is 48.5 Å². The quantitative estimate of drug-likeness (QED) is 0.724. The van der Waals surface area contributed by atoms with Crippen LogP contribution in [0.3, 0.4) is 0 Å². The third-order valence-electron chi connectivity index (χ3n) is 6.17. The molecule has 2 saturated heterocycles. The maximum atomic E-state index is 12.8. The molecule has 2 aliphatic rings. The lowest BCUT2D eigenvalue weighted by atomic mass is 9.97. The van der Waals surface area contributed by atoms with Crippen molar-refractivity contribution in [3.05, 3.63) is 59.7 Å². The van der Waals surface area contributed by atoms with Crippen LogP contribution < -0.4 is 10.2 Å². The molecule has 0 unspecified atom stereocenters. The number of benzene rings is 2. The number of anilines is 2. The minimum atomic E-state index is -3.41. The highest BCUT2D eigenvalue weighted by Gasteiger charge is 2.31.